The zero-order chi connectivity index (χ0) is 23.4. The van der Waals surface area contributed by atoms with Crippen LogP contribution in [-0.4, -0.2) is 52.8 Å². The lowest BCUT2D eigenvalue weighted by atomic mass is 9.96. The molecule has 1 aromatic carbocycles. The largest absolute Gasteiger partial charge is 0.481 e. The van der Waals surface area contributed by atoms with Gasteiger partial charge in [0.2, 0.25) is 0 Å². The van der Waals surface area contributed by atoms with E-state index in [1.807, 2.05) is 37.1 Å². The summed E-state index contributed by atoms with van der Waals surface area (Å²) in [5.74, 6) is -3.22. The lowest BCUT2D eigenvalue weighted by molar-refractivity contribution is -0.140. The number of anilines is 1. The highest BCUT2D eigenvalue weighted by Crippen LogP contribution is 2.27. The van der Waals surface area contributed by atoms with Crippen LogP contribution in [0.25, 0.3) is 0 Å². The summed E-state index contributed by atoms with van der Waals surface area (Å²) in [4.78, 5) is 52.9. The van der Waals surface area contributed by atoms with Crippen LogP contribution in [0.1, 0.15) is 50.9 Å². The van der Waals surface area contributed by atoms with Gasteiger partial charge in [-0.1, -0.05) is 12.1 Å². The molecule has 0 aliphatic carbocycles. The number of thiophene rings is 1. The van der Waals surface area contributed by atoms with Gasteiger partial charge in [0.15, 0.2) is 0 Å². The fourth-order valence-corrected chi connectivity index (χ4v) is 4.25. The predicted molar refractivity (Wildman–Crippen MR) is 120 cm³/mol. The molecule has 2 aromatic rings. The van der Waals surface area contributed by atoms with Gasteiger partial charge in [-0.25, -0.2) is 9.79 Å². The minimum absolute atomic E-state index is 0.199. The van der Waals surface area contributed by atoms with E-state index in [0.717, 1.165) is 21.8 Å². The summed E-state index contributed by atoms with van der Waals surface area (Å²) in [7, 11) is 1.85. The fraction of sp³-hybridized carbons (Fsp3) is 0.318. The van der Waals surface area contributed by atoms with Crippen LogP contribution in [0.3, 0.4) is 0 Å². The number of carbonyl (C=O) groups excluding carboxylic acids is 2. The fourth-order valence-electron chi connectivity index (χ4n) is 3.39. The molecule has 3 N–H and O–H groups in total. The van der Waals surface area contributed by atoms with Gasteiger partial charge in [0.05, 0.1) is 9.88 Å². The summed E-state index contributed by atoms with van der Waals surface area (Å²) >= 11 is 1.19. The Kier molecular flexibility index (Phi) is 7.04. The Morgan fingerprint density at radius 3 is 2.66 bits per heavy atom. The van der Waals surface area contributed by atoms with Crippen LogP contribution >= 0.6 is 11.3 Å². The molecule has 3 rings (SSSR count). The number of carboxylic acids is 2. The summed E-state index contributed by atoms with van der Waals surface area (Å²) in [5.41, 5.74) is 3.28. The third-order valence-electron chi connectivity index (χ3n) is 5.01. The van der Waals surface area contributed by atoms with Crippen molar-refractivity contribution in [1.82, 2.24) is 5.32 Å². The van der Waals surface area contributed by atoms with Crippen LogP contribution in [0.4, 0.5) is 5.00 Å². The van der Waals surface area contributed by atoms with Crippen LogP contribution < -0.4 is 10.2 Å². The second-order valence-corrected chi connectivity index (χ2v) is 8.67. The van der Waals surface area contributed by atoms with E-state index in [-0.39, 0.29) is 18.7 Å². The second kappa shape index (κ2) is 9.73. The van der Waals surface area contributed by atoms with Gasteiger partial charge in [-0.2, -0.15) is 0 Å². The van der Waals surface area contributed by atoms with Gasteiger partial charge in [0, 0.05) is 37.7 Å². The van der Waals surface area contributed by atoms with Crippen molar-refractivity contribution in [2.75, 3.05) is 11.9 Å². The van der Waals surface area contributed by atoms with Crippen LogP contribution in [0.5, 0.6) is 0 Å². The number of nitrogens with one attached hydrogen (secondary N) is 1. The van der Waals surface area contributed by atoms with Crippen LogP contribution in [0, 0.1) is 0 Å². The van der Waals surface area contributed by atoms with Gasteiger partial charge in [0.25, 0.3) is 11.8 Å². The molecule has 32 heavy (non-hydrogen) atoms. The van der Waals surface area contributed by atoms with Crippen LogP contribution in [-0.2, 0) is 22.6 Å². The Bertz CT molecular complexity index is 1110. The van der Waals surface area contributed by atoms with Gasteiger partial charge in [-0.05, 0) is 42.7 Å². The zero-order valence-corrected chi connectivity index (χ0v) is 18.4. The number of carbonyl (C=O) groups is 4. The lowest BCUT2D eigenvalue weighted by Crippen LogP contribution is -2.40. The normalized spacial score (nSPS) is 13.7. The molecule has 2 amide bonds. The Morgan fingerprint density at radius 1 is 1.22 bits per heavy atom. The highest BCUT2D eigenvalue weighted by molar-refractivity contribution is 7.18. The first-order valence-electron chi connectivity index (χ1n) is 9.90. The quantitative estimate of drug-likeness (QED) is 0.526. The molecular formula is C22H23N3O6S. The van der Waals surface area contributed by atoms with Crippen LogP contribution in [0.2, 0.25) is 0 Å². The Hall–Kier alpha value is -3.53. The number of hydrogen-bond donors (Lipinski definition) is 3. The number of nitrogens with zero attached hydrogens (tertiary/aromatic N) is 2. The molecule has 0 saturated heterocycles. The molecule has 168 valence electrons. The van der Waals surface area contributed by atoms with Crippen molar-refractivity contribution in [2.45, 2.75) is 38.8 Å². The van der Waals surface area contributed by atoms with Gasteiger partial charge in [-0.3, -0.25) is 14.4 Å². The van der Waals surface area contributed by atoms with E-state index in [0.29, 0.717) is 23.4 Å². The summed E-state index contributed by atoms with van der Waals surface area (Å²) in [6.45, 7) is 2.33. The van der Waals surface area contributed by atoms with E-state index in [1.54, 1.807) is 12.1 Å². The number of aliphatic imine (C=N–C) groups is 1. The molecule has 1 aromatic heterocycles. The van der Waals surface area contributed by atoms with Crippen molar-refractivity contribution < 1.29 is 29.4 Å². The van der Waals surface area contributed by atoms with Crippen molar-refractivity contribution in [3.63, 3.8) is 0 Å². The smallest absolute Gasteiger partial charge is 0.326 e. The first-order chi connectivity index (χ1) is 15.1. The van der Waals surface area contributed by atoms with Crippen molar-refractivity contribution in [3.05, 3.63) is 51.9 Å². The van der Waals surface area contributed by atoms with Crippen molar-refractivity contribution in [1.29, 1.82) is 0 Å². The third kappa shape index (κ3) is 5.58. The van der Waals surface area contributed by atoms with E-state index < -0.39 is 23.9 Å². The van der Waals surface area contributed by atoms with Gasteiger partial charge < -0.3 is 20.4 Å². The highest BCUT2D eigenvalue weighted by Gasteiger charge is 2.23. The average molecular weight is 458 g/mol. The van der Waals surface area contributed by atoms with Gasteiger partial charge >= 0.3 is 11.9 Å². The van der Waals surface area contributed by atoms with Crippen molar-refractivity contribution in [2.24, 2.45) is 4.99 Å². The maximum Gasteiger partial charge on any atom is 0.326 e. The number of fused-ring (bicyclic) bond motifs is 1. The summed E-state index contributed by atoms with van der Waals surface area (Å²) in [6.07, 6.45) is 0.101. The first kappa shape index (κ1) is 23.1. The molecular weight excluding hydrogens is 434 g/mol. The second-order valence-electron chi connectivity index (χ2n) is 7.61. The molecule has 10 heteroatoms. The molecule has 1 aliphatic heterocycles. The first-order valence-corrected chi connectivity index (χ1v) is 10.7. The summed E-state index contributed by atoms with van der Waals surface area (Å²) in [6, 6.07) is 7.80. The zero-order valence-electron chi connectivity index (χ0n) is 17.6. The van der Waals surface area contributed by atoms with E-state index in [4.69, 9.17) is 5.11 Å². The molecule has 1 aliphatic rings. The number of aliphatic carboxylic acids is 2. The number of carboxylic acid groups (broad SMARTS) is 2. The highest BCUT2D eigenvalue weighted by atomic mass is 32.1. The molecule has 1 atom stereocenters. The van der Waals surface area contributed by atoms with E-state index in [2.05, 4.69) is 10.3 Å². The monoisotopic (exact) mass is 457 g/mol. The number of hydrogen-bond acceptors (Lipinski definition) is 6. The summed E-state index contributed by atoms with van der Waals surface area (Å²) < 4.78 is 0. The topological polar surface area (TPSA) is 136 Å². The van der Waals surface area contributed by atoms with E-state index in [9.17, 15) is 24.3 Å². The number of rotatable bonds is 9. The van der Waals surface area contributed by atoms with E-state index >= 15 is 0 Å². The average Bonchev–Trinajstić information content (AvgIpc) is 3.21. The molecule has 0 radical (unpaired) electrons. The molecule has 2 heterocycles. The van der Waals surface area contributed by atoms with Gasteiger partial charge in [-0.15, -0.1) is 11.3 Å². The lowest BCUT2D eigenvalue weighted by Gasteiger charge is -2.19. The SMILES string of the molecule is CC1=NC(=O)c2cc(CN(C)c3ccc(C(=O)NC(CCC(=O)O)C(=O)O)s3)ccc2C1. The minimum Gasteiger partial charge on any atom is -0.481 e. The molecule has 0 saturated carbocycles. The van der Waals surface area contributed by atoms with Crippen molar-refractivity contribution >= 4 is 45.8 Å². The standard InChI is InChI=1S/C22H23N3O6S/c1-12-9-14-4-3-13(10-15(14)20(28)23-12)11-25(2)18-7-6-17(32-18)21(29)24-16(22(30)31)5-8-19(26)27/h3-4,6-7,10,16H,5,8-9,11H2,1-2H3,(H,24,29)(H,26,27)(H,30,31). The maximum atomic E-state index is 12.4. The van der Waals surface area contributed by atoms with Gasteiger partial charge in [0.1, 0.15) is 6.04 Å². The Morgan fingerprint density at radius 2 is 1.97 bits per heavy atom. The number of benzene rings is 1. The number of amides is 2. The Balaban J connectivity index is 1.66. The molecule has 9 nitrogen and oxygen atoms in total. The third-order valence-corrected chi connectivity index (χ3v) is 6.20. The van der Waals surface area contributed by atoms with Crippen LogP contribution in [0.15, 0.2) is 35.3 Å². The molecule has 0 spiro atoms. The Labute approximate surface area is 188 Å². The molecule has 0 fully saturated rings. The van der Waals surface area contributed by atoms with E-state index in [1.165, 1.54) is 11.3 Å². The predicted octanol–water partition coefficient (Wildman–Crippen LogP) is 2.59. The molecule has 0 bridgehead atoms. The maximum absolute atomic E-state index is 12.4. The minimum atomic E-state index is -1.28. The van der Waals surface area contributed by atoms with Crippen molar-refractivity contribution in [3.8, 4) is 0 Å². The summed E-state index contributed by atoms with van der Waals surface area (Å²) in [5, 5.41) is 21.1. The molecule has 1 unspecified atom stereocenters.